The van der Waals surface area contributed by atoms with Crippen molar-refractivity contribution in [1.29, 1.82) is 0 Å². The van der Waals surface area contributed by atoms with Crippen molar-refractivity contribution in [2.24, 2.45) is 0 Å². The highest BCUT2D eigenvalue weighted by molar-refractivity contribution is 6.04. The molecule has 0 aliphatic heterocycles. The Morgan fingerprint density at radius 2 is 1.70 bits per heavy atom. The van der Waals surface area contributed by atoms with E-state index >= 15 is 0 Å². The van der Waals surface area contributed by atoms with Crippen molar-refractivity contribution in [1.82, 2.24) is 9.97 Å². The summed E-state index contributed by atoms with van der Waals surface area (Å²) in [4.78, 5) is 20.3. The molecule has 98 valence electrons. The number of amides is 2. The van der Waals surface area contributed by atoms with Crippen molar-refractivity contribution in [3.63, 3.8) is 0 Å². The Morgan fingerprint density at radius 1 is 0.850 bits per heavy atom. The summed E-state index contributed by atoms with van der Waals surface area (Å²) in [6.07, 6.45) is 3.32. The molecule has 0 spiro atoms. The molecule has 0 aliphatic rings. The lowest BCUT2D eigenvalue weighted by atomic mass is 10.2. The minimum Gasteiger partial charge on any atom is -0.306 e. The minimum atomic E-state index is -0.346. The number of benzene rings is 1. The number of urea groups is 1. The topological polar surface area (TPSA) is 66.9 Å². The molecule has 2 amide bonds. The highest BCUT2D eigenvalue weighted by Crippen LogP contribution is 2.20. The van der Waals surface area contributed by atoms with Crippen LogP contribution in [-0.4, -0.2) is 16.0 Å². The smallest absolute Gasteiger partial charge is 0.306 e. The Kier molecular flexibility index (Phi) is 3.24. The SMILES string of the molecule is O=C(Nc1ccccn1)Nc1cccc2cccnc12. The Balaban J connectivity index is 1.81. The number of fused-ring (bicyclic) bond motifs is 1. The first kappa shape index (κ1) is 12.1. The van der Waals surface area contributed by atoms with E-state index in [4.69, 9.17) is 0 Å². The second-order valence-corrected chi connectivity index (χ2v) is 4.17. The zero-order valence-electron chi connectivity index (χ0n) is 10.6. The van der Waals surface area contributed by atoms with Crippen LogP contribution < -0.4 is 10.6 Å². The van der Waals surface area contributed by atoms with E-state index < -0.39 is 0 Å². The molecule has 3 aromatic rings. The third-order valence-corrected chi connectivity index (χ3v) is 2.79. The van der Waals surface area contributed by atoms with E-state index in [2.05, 4.69) is 20.6 Å². The molecule has 0 saturated carbocycles. The van der Waals surface area contributed by atoms with Gasteiger partial charge in [0.1, 0.15) is 5.82 Å². The summed E-state index contributed by atoms with van der Waals surface area (Å²) in [5.41, 5.74) is 1.42. The van der Waals surface area contributed by atoms with Crippen molar-refractivity contribution >= 4 is 28.4 Å². The Bertz CT molecular complexity index is 738. The monoisotopic (exact) mass is 264 g/mol. The normalized spacial score (nSPS) is 10.2. The van der Waals surface area contributed by atoms with Crippen LogP contribution in [0, 0.1) is 0 Å². The maximum atomic E-state index is 11.9. The van der Waals surface area contributed by atoms with Crippen LogP contribution in [0.4, 0.5) is 16.3 Å². The number of hydrogen-bond acceptors (Lipinski definition) is 3. The molecule has 20 heavy (non-hydrogen) atoms. The molecule has 2 N–H and O–H groups in total. The Labute approximate surface area is 115 Å². The fourth-order valence-corrected chi connectivity index (χ4v) is 1.91. The lowest BCUT2D eigenvalue weighted by Crippen LogP contribution is -2.20. The lowest BCUT2D eigenvalue weighted by molar-refractivity contribution is 0.262. The molecule has 2 aromatic heterocycles. The van der Waals surface area contributed by atoms with Gasteiger partial charge in [0.05, 0.1) is 11.2 Å². The molecule has 0 saturated heterocycles. The number of aromatic nitrogens is 2. The summed E-state index contributed by atoms with van der Waals surface area (Å²) in [6, 6.07) is 14.4. The van der Waals surface area contributed by atoms with Gasteiger partial charge in [-0.15, -0.1) is 0 Å². The lowest BCUT2D eigenvalue weighted by Gasteiger charge is -2.08. The number of rotatable bonds is 2. The molecule has 0 unspecified atom stereocenters. The number of anilines is 2. The van der Waals surface area contributed by atoms with Gasteiger partial charge in [0.15, 0.2) is 0 Å². The largest absolute Gasteiger partial charge is 0.324 e. The van der Waals surface area contributed by atoms with Gasteiger partial charge in [-0.3, -0.25) is 10.3 Å². The maximum Gasteiger partial charge on any atom is 0.324 e. The van der Waals surface area contributed by atoms with Gasteiger partial charge >= 0.3 is 6.03 Å². The van der Waals surface area contributed by atoms with Crippen molar-refractivity contribution in [2.45, 2.75) is 0 Å². The van der Waals surface area contributed by atoms with Crippen molar-refractivity contribution < 1.29 is 4.79 Å². The van der Waals surface area contributed by atoms with Gasteiger partial charge in [-0.1, -0.05) is 24.3 Å². The van der Waals surface area contributed by atoms with Crippen LogP contribution in [0.5, 0.6) is 0 Å². The molecule has 5 heteroatoms. The molecule has 5 nitrogen and oxygen atoms in total. The average Bonchev–Trinajstić information content (AvgIpc) is 2.48. The van der Waals surface area contributed by atoms with E-state index in [9.17, 15) is 4.79 Å². The number of hydrogen-bond donors (Lipinski definition) is 2. The van der Waals surface area contributed by atoms with Crippen LogP contribution in [-0.2, 0) is 0 Å². The summed E-state index contributed by atoms with van der Waals surface area (Å²) in [5.74, 6) is 0.498. The van der Waals surface area contributed by atoms with E-state index in [0.29, 0.717) is 11.5 Å². The van der Waals surface area contributed by atoms with Gasteiger partial charge in [0.25, 0.3) is 0 Å². The van der Waals surface area contributed by atoms with Crippen LogP contribution in [0.3, 0.4) is 0 Å². The van der Waals surface area contributed by atoms with Gasteiger partial charge in [0.2, 0.25) is 0 Å². The standard InChI is InChI=1S/C15H12N4O/c20-15(19-13-8-1-2-9-16-13)18-12-7-3-5-11-6-4-10-17-14(11)12/h1-10H,(H2,16,18,19,20). The summed E-state index contributed by atoms with van der Waals surface area (Å²) in [7, 11) is 0. The molecular formula is C15H12N4O. The highest BCUT2D eigenvalue weighted by atomic mass is 16.2. The summed E-state index contributed by atoms with van der Waals surface area (Å²) < 4.78 is 0. The molecule has 0 bridgehead atoms. The molecule has 0 fully saturated rings. The van der Waals surface area contributed by atoms with E-state index in [1.54, 1.807) is 24.5 Å². The number of pyridine rings is 2. The fourth-order valence-electron chi connectivity index (χ4n) is 1.91. The van der Waals surface area contributed by atoms with Crippen molar-refractivity contribution in [2.75, 3.05) is 10.6 Å². The number of nitrogens with zero attached hydrogens (tertiary/aromatic N) is 2. The predicted molar refractivity (Wildman–Crippen MR) is 78.6 cm³/mol. The highest BCUT2D eigenvalue weighted by Gasteiger charge is 2.06. The van der Waals surface area contributed by atoms with Gasteiger partial charge in [-0.25, -0.2) is 9.78 Å². The van der Waals surface area contributed by atoms with Crippen LogP contribution in [0.2, 0.25) is 0 Å². The first-order valence-corrected chi connectivity index (χ1v) is 6.16. The van der Waals surface area contributed by atoms with Crippen molar-refractivity contribution in [3.05, 3.63) is 60.9 Å². The van der Waals surface area contributed by atoms with E-state index in [1.165, 1.54) is 0 Å². The fraction of sp³-hybridized carbons (Fsp3) is 0. The van der Waals surface area contributed by atoms with Crippen molar-refractivity contribution in [3.8, 4) is 0 Å². The third-order valence-electron chi connectivity index (χ3n) is 2.79. The number of carbonyl (C=O) groups excluding carboxylic acids is 1. The Morgan fingerprint density at radius 3 is 2.55 bits per heavy atom. The van der Waals surface area contributed by atoms with Gasteiger partial charge in [-0.2, -0.15) is 0 Å². The third kappa shape index (κ3) is 2.56. The second-order valence-electron chi connectivity index (χ2n) is 4.17. The quantitative estimate of drug-likeness (QED) is 0.746. The molecular weight excluding hydrogens is 252 g/mol. The zero-order chi connectivity index (χ0) is 13.8. The van der Waals surface area contributed by atoms with Gasteiger partial charge in [-0.05, 0) is 24.3 Å². The number of carbonyl (C=O) groups is 1. The van der Waals surface area contributed by atoms with Gasteiger partial charge < -0.3 is 5.32 Å². The molecule has 0 radical (unpaired) electrons. The first-order chi connectivity index (χ1) is 9.83. The van der Waals surface area contributed by atoms with Crippen LogP contribution in [0.25, 0.3) is 10.9 Å². The second kappa shape index (κ2) is 5.36. The summed E-state index contributed by atoms with van der Waals surface area (Å²) in [6.45, 7) is 0. The van der Waals surface area contributed by atoms with Crippen LogP contribution in [0.1, 0.15) is 0 Å². The van der Waals surface area contributed by atoms with Crippen LogP contribution in [0.15, 0.2) is 60.9 Å². The number of nitrogens with one attached hydrogen (secondary N) is 2. The van der Waals surface area contributed by atoms with E-state index in [1.807, 2.05) is 36.4 Å². The maximum absolute atomic E-state index is 11.9. The molecule has 2 heterocycles. The molecule has 0 atom stereocenters. The minimum absolute atomic E-state index is 0.346. The van der Waals surface area contributed by atoms with Crippen LogP contribution >= 0.6 is 0 Å². The summed E-state index contributed by atoms with van der Waals surface area (Å²) >= 11 is 0. The molecule has 1 aromatic carbocycles. The molecule has 0 aliphatic carbocycles. The Hall–Kier alpha value is -2.95. The van der Waals surface area contributed by atoms with E-state index in [0.717, 1.165) is 10.9 Å². The van der Waals surface area contributed by atoms with Gasteiger partial charge in [0, 0.05) is 17.8 Å². The zero-order valence-corrected chi connectivity index (χ0v) is 10.6. The number of para-hydroxylation sites is 1. The predicted octanol–water partition coefficient (Wildman–Crippen LogP) is 3.27. The first-order valence-electron chi connectivity index (χ1n) is 6.16. The summed E-state index contributed by atoms with van der Waals surface area (Å²) in [5, 5.41) is 6.42. The molecule has 3 rings (SSSR count). The average molecular weight is 264 g/mol. The van der Waals surface area contributed by atoms with E-state index in [-0.39, 0.29) is 6.03 Å².